The maximum absolute atomic E-state index is 12.1. The fraction of sp³-hybridized carbons (Fsp3) is 0.900. The number of ether oxygens (including phenoxy) is 1. The van der Waals surface area contributed by atoms with E-state index >= 15 is 0 Å². The second-order valence-electron chi connectivity index (χ2n) is 4.28. The van der Waals surface area contributed by atoms with Gasteiger partial charge in [-0.1, -0.05) is 12.2 Å². The predicted octanol–water partition coefficient (Wildman–Crippen LogP) is -0.536. The minimum Gasteiger partial charge on any atom is -0.394 e. The van der Waals surface area contributed by atoms with E-state index in [1.165, 1.54) is 11.2 Å². The van der Waals surface area contributed by atoms with Gasteiger partial charge in [0.25, 0.3) is 0 Å². The molecule has 106 valence electrons. The summed E-state index contributed by atoms with van der Waals surface area (Å²) in [7, 11) is -3.44. The van der Waals surface area contributed by atoms with Gasteiger partial charge in [-0.15, -0.1) is 0 Å². The average molecular weight is 296 g/mol. The van der Waals surface area contributed by atoms with Gasteiger partial charge in [-0.25, -0.2) is 12.7 Å². The maximum atomic E-state index is 12.1. The summed E-state index contributed by atoms with van der Waals surface area (Å²) in [6.07, 6.45) is 1.27. The molecule has 0 aromatic rings. The number of rotatable bonds is 6. The first-order chi connectivity index (χ1) is 8.39. The summed E-state index contributed by atoms with van der Waals surface area (Å²) in [5, 5.41) is 7.82. The second-order valence-corrected chi connectivity index (χ2v) is 7.01. The summed E-state index contributed by atoms with van der Waals surface area (Å²) < 4.78 is 31.0. The molecular weight excluding hydrogens is 276 g/mol. The van der Waals surface area contributed by atoms with Crippen LogP contribution in [-0.4, -0.2) is 60.5 Å². The molecule has 1 rings (SSSR count). The lowest BCUT2D eigenvalue weighted by atomic mass is 10.1. The average Bonchev–Trinajstić information content (AvgIpc) is 2.35. The van der Waals surface area contributed by atoms with Crippen LogP contribution in [0.1, 0.15) is 19.8 Å². The van der Waals surface area contributed by atoms with Gasteiger partial charge in [-0.2, -0.15) is 0 Å². The van der Waals surface area contributed by atoms with Crippen molar-refractivity contribution in [2.45, 2.75) is 31.1 Å². The number of hydrogen-bond donors (Lipinski definition) is 2. The van der Waals surface area contributed by atoms with E-state index in [1.807, 2.05) is 0 Å². The van der Waals surface area contributed by atoms with Crippen molar-refractivity contribution < 1.29 is 18.3 Å². The molecule has 1 aliphatic heterocycles. The molecule has 1 atom stereocenters. The molecule has 0 spiro atoms. The van der Waals surface area contributed by atoms with Gasteiger partial charge >= 0.3 is 0 Å². The number of nitrogens with zero attached hydrogens (tertiary/aromatic N) is 1. The van der Waals surface area contributed by atoms with Gasteiger partial charge < -0.3 is 15.6 Å². The van der Waals surface area contributed by atoms with Gasteiger partial charge in [0, 0.05) is 13.1 Å². The first-order valence-electron chi connectivity index (χ1n) is 5.90. The molecule has 0 saturated carbocycles. The topological polar surface area (TPSA) is 92.9 Å². The Morgan fingerprint density at radius 1 is 1.56 bits per heavy atom. The molecule has 0 radical (unpaired) electrons. The molecule has 1 aliphatic rings. The Hall–Kier alpha value is -0.280. The quantitative estimate of drug-likeness (QED) is 0.640. The smallest absolute Gasteiger partial charge is 0.223 e. The number of aliphatic hydroxyl groups excluding tert-OH is 1. The Balaban J connectivity index is 2.54. The van der Waals surface area contributed by atoms with E-state index in [9.17, 15) is 8.42 Å². The van der Waals surface area contributed by atoms with Gasteiger partial charge in [-0.3, -0.25) is 0 Å². The molecule has 3 N–H and O–H groups in total. The lowest BCUT2D eigenvalue weighted by Gasteiger charge is -2.32. The van der Waals surface area contributed by atoms with E-state index in [0.717, 1.165) is 0 Å². The zero-order valence-electron chi connectivity index (χ0n) is 10.4. The van der Waals surface area contributed by atoms with E-state index in [4.69, 9.17) is 27.8 Å². The van der Waals surface area contributed by atoms with Gasteiger partial charge in [0.05, 0.1) is 24.3 Å². The van der Waals surface area contributed by atoms with Crippen molar-refractivity contribution in [2.75, 3.05) is 26.3 Å². The number of nitrogens with two attached hydrogens (primary N) is 1. The normalized spacial score (nSPS) is 20.8. The lowest BCUT2D eigenvalue weighted by Crippen LogP contribution is -2.47. The SMILES string of the molecule is CC(C(N)=S)S(=O)(=O)N1CCC(OCCO)CC1. The van der Waals surface area contributed by atoms with Crippen molar-refractivity contribution in [1.29, 1.82) is 0 Å². The number of piperidine rings is 1. The van der Waals surface area contributed by atoms with Crippen LogP contribution in [0.4, 0.5) is 0 Å². The lowest BCUT2D eigenvalue weighted by molar-refractivity contribution is 0.00316. The largest absolute Gasteiger partial charge is 0.394 e. The first kappa shape index (κ1) is 15.8. The van der Waals surface area contributed by atoms with Crippen LogP contribution in [0, 0.1) is 0 Å². The second kappa shape index (κ2) is 6.76. The number of aliphatic hydroxyl groups is 1. The molecule has 1 saturated heterocycles. The third-order valence-electron chi connectivity index (χ3n) is 3.05. The number of thiocarbonyl (C=S) groups is 1. The monoisotopic (exact) mass is 296 g/mol. The Kier molecular flexibility index (Phi) is 5.93. The molecule has 0 bridgehead atoms. The summed E-state index contributed by atoms with van der Waals surface area (Å²) in [6.45, 7) is 2.60. The Labute approximate surface area is 113 Å². The fourth-order valence-electron chi connectivity index (χ4n) is 1.84. The molecule has 0 amide bonds. The van der Waals surface area contributed by atoms with Crippen LogP contribution in [-0.2, 0) is 14.8 Å². The van der Waals surface area contributed by atoms with Crippen molar-refractivity contribution in [3.8, 4) is 0 Å². The molecule has 1 fully saturated rings. The van der Waals surface area contributed by atoms with Crippen molar-refractivity contribution >= 4 is 27.2 Å². The van der Waals surface area contributed by atoms with E-state index in [0.29, 0.717) is 32.5 Å². The molecule has 0 aliphatic carbocycles. The summed E-state index contributed by atoms with van der Waals surface area (Å²) in [4.78, 5) is -0.00588. The predicted molar refractivity (Wildman–Crippen MR) is 72.8 cm³/mol. The number of hydrogen-bond acceptors (Lipinski definition) is 5. The molecular formula is C10H20N2O4S2. The van der Waals surface area contributed by atoms with Crippen molar-refractivity contribution in [1.82, 2.24) is 4.31 Å². The van der Waals surface area contributed by atoms with Crippen LogP contribution < -0.4 is 5.73 Å². The zero-order chi connectivity index (χ0) is 13.8. The van der Waals surface area contributed by atoms with E-state index in [1.54, 1.807) is 0 Å². The Morgan fingerprint density at radius 2 is 2.11 bits per heavy atom. The summed E-state index contributed by atoms with van der Waals surface area (Å²) in [5.41, 5.74) is 5.39. The highest BCUT2D eigenvalue weighted by molar-refractivity contribution is 7.92. The molecule has 1 unspecified atom stereocenters. The molecule has 8 heteroatoms. The molecule has 0 aromatic heterocycles. The van der Waals surface area contributed by atoms with Crippen molar-refractivity contribution in [3.63, 3.8) is 0 Å². The highest BCUT2D eigenvalue weighted by Crippen LogP contribution is 2.19. The molecule has 6 nitrogen and oxygen atoms in total. The minimum atomic E-state index is -3.44. The van der Waals surface area contributed by atoms with Crippen molar-refractivity contribution in [2.24, 2.45) is 5.73 Å². The summed E-state index contributed by atoms with van der Waals surface area (Å²) in [6, 6.07) is 0. The van der Waals surface area contributed by atoms with Crippen molar-refractivity contribution in [3.05, 3.63) is 0 Å². The van der Waals surface area contributed by atoms with Crippen LogP contribution in [0.25, 0.3) is 0 Å². The standard InChI is InChI=1S/C10H20N2O4S2/c1-8(10(11)17)18(14,15)12-4-2-9(3-5-12)16-7-6-13/h8-9,13H,2-7H2,1H3,(H2,11,17). The number of sulfonamides is 1. The first-order valence-corrected chi connectivity index (χ1v) is 7.81. The minimum absolute atomic E-state index is 0.00588. The fourth-order valence-corrected chi connectivity index (χ4v) is 3.67. The van der Waals surface area contributed by atoms with E-state index in [-0.39, 0.29) is 17.7 Å². The van der Waals surface area contributed by atoms with Gasteiger partial charge in [-0.05, 0) is 19.8 Å². The Bertz CT molecular complexity index is 377. The van der Waals surface area contributed by atoms with Crippen LogP contribution in [0.2, 0.25) is 0 Å². The van der Waals surface area contributed by atoms with Crippen LogP contribution in [0.5, 0.6) is 0 Å². The van der Waals surface area contributed by atoms with E-state index < -0.39 is 15.3 Å². The van der Waals surface area contributed by atoms with Crippen LogP contribution in [0.3, 0.4) is 0 Å². The molecule has 1 heterocycles. The van der Waals surface area contributed by atoms with E-state index in [2.05, 4.69) is 0 Å². The Morgan fingerprint density at radius 3 is 2.56 bits per heavy atom. The highest BCUT2D eigenvalue weighted by Gasteiger charge is 2.33. The third-order valence-corrected chi connectivity index (χ3v) is 5.79. The summed E-state index contributed by atoms with van der Waals surface area (Å²) >= 11 is 4.74. The highest BCUT2D eigenvalue weighted by atomic mass is 32.2. The van der Waals surface area contributed by atoms with Crippen LogP contribution >= 0.6 is 12.2 Å². The molecule has 18 heavy (non-hydrogen) atoms. The zero-order valence-corrected chi connectivity index (χ0v) is 12.0. The summed E-state index contributed by atoms with van der Waals surface area (Å²) in [5.74, 6) is 0. The van der Waals surface area contributed by atoms with Gasteiger partial charge in [0.2, 0.25) is 10.0 Å². The third kappa shape index (κ3) is 3.86. The maximum Gasteiger partial charge on any atom is 0.223 e. The molecule has 0 aromatic carbocycles. The van der Waals surface area contributed by atoms with Gasteiger partial charge in [0.1, 0.15) is 5.25 Å². The van der Waals surface area contributed by atoms with Gasteiger partial charge in [0.15, 0.2) is 0 Å². The van der Waals surface area contributed by atoms with Crippen LogP contribution in [0.15, 0.2) is 0 Å².